The zero-order valence-electron chi connectivity index (χ0n) is 11.0. The van der Waals surface area contributed by atoms with E-state index in [2.05, 4.69) is 24.4 Å². The van der Waals surface area contributed by atoms with Gasteiger partial charge in [0, 0.05) is 0 Å². The summed E-state index contributed by atoms with van der Waals surface area (Å²) >= 11 is 6.09. The Morgan fingerprint density at radius 1 is 1.58 bits per heavy atom. The largest absolute Gasteiger partial charge is 0.492 e. The van der Waals surface area contributed by atoms with Crippen LogP contribution in [0.3, 0.4) is 0 Å². The highest BCUT2D eigenvalue weighted by atomic mass is 35.5. The maximum absolute atomic E-state index is 10.4. The molecule has 104 valence electrons. The Balaban J connectivity index is 2.58. The van der Waals surface area contributed by atoms with Crippen LogP contribution in [0.2, 0.25) is 5.02 Å². The lowest BCUT2D eigenvalue weighted by molar-refractivity contribution is 0.249. The van der Waals surface area contributed by atoms with Crippen LogP contribution < -0.4 is 15.9 Å². The molecule has 0 bridgehead atoms. The van der Waals surface area contributed by atoms with E-state index in [-0.39, 0.29) is 0 Å². The number of hydrogen-bond acceptors (Lipinski definition) is 3. The molecule has 0 aromatic heterocycles. The number of carbonyl (C=O) groups is 1. The Bertz CT molecular complexity index is 461. The van der Waals surface area contributed by atoms with Crippen LogP contribution in [0.25, 0.3) is 0 Å². The summed E-state index contributed by atoms with van der Waals surface area (Å²) in [6, 6.07) is 4.56. The third-order valence-corrected chi connectivity index (χ3v) is 2.59. The number of nitrogens with one attached hydrogen (secondary N) is 1. The van der Waals surface area contributed by atoms with Gasteiger partial charge in [-0.2, -0.15) is 5.10 Å². The van der Waals surface area contributed by atoms with Crippen molar-refractivity contribution >= 4 is 23.8 Å². The van der Waals surface area contributed by atoms with E-state index < -0.39 is 6.03 Å². The average Bonchev–Trinajstić information content (AvgIpc) is 2.31. The summed E-state index contributed by atoms with van der Waals surface area (Å²) in [4.78, 5) is 10.4. The Labute approximate surface area is 117 Å². The first-order chi connectivity index (χ1) is 8.99. The average molecular weight is 284 g/mol. The highest BCUT2D eigenvalue weighted by Crippen LogP contribution is 2.25. The molecule has 0 fully saturated rings. The number of nitrogens with two attached hydrogens (primary N) is 1. The number of hydrogen-bond donors (Lipinski definition) is 2. The zero-order valence-corrected chi connectivity index (χ0v) is 11.8. The fourth-order valence-electron chi connectivity index (χ4n) is 1.29. The van der Waals surface area contributed by atoms with Gasteiger partial charge < -0.3 is 10.5 Å². The van der Waals surface area contributed by atoms with Crippen LogP contribution in [0, 0.1) is 5.92 Å². The van der Waals surface area contributed by atoms with Crippen LogP contribution >= 0.6 is 11.6 Å². The Kier molecular flexibility index (Phi) is 6.15. The molecule has 1 aromatic rings. The van der Waals surface area contributed by atoms with E-state index in [1.54, 1.807) is 18.2 Å². The third-order valence-electron chi connectivity index (χ3n) is 2.30. The molecule has 0 spiro atoms. The summed E-state index contributed by atoms with van der Waals surface area (Å²) in [5, 5.41) is 4.15. The van der Waals surface area contributed by atoms with Crippen molar-refractivity contribution < 1.29 is 9.53 Å². The normalized spacial score (nSPS) is 10.9. The molecular formula is C13H18ClN3O2. The van der Waals surface area contributed by atoms with E-state index >= 15 is 0 Å². The molecule has 3 N–H and O–H groups in total. The number of urea groups is 1. The van der Waals surface area contributed by atoms with Gasteiger partial charge in [-0.05, 0) is 36.1 Å². The number of nitrogens with zero attached hydrogens (tertiary/aromatic N) is 1. The van der Waals surface area contributed by atoms with Gasteiger partial charge in [0.1, 0.15) is 5.75 Å². The molecule has 0 aliphatic rings. The maximum Gasteiger partial charge on any atom is 0.332 e. The van der Waals surface area contributed by atoms with Crippen LogP contribution in [0.1, 0.15) is 25.8 Å². The lowest BCUT2D eigenvalue weighted by Gasteiger charge is -2.09. The van der Waals surface area contributed by atoms with Crippen molar-refractivity contribution in [2.24, 2.45) is 16.8 Å². The predicted octanol–water partition coefficient (Wildman–Crippen LogP) is 2.77. The van der Waals surface area contributed by atoms with Gasteiger partial charge in [-0.15, -0.1) is 0 Å². The summed E-state index contributed by atoms with van der Waals surface area (Å²) in [5.41, 5.74) is 7.73. The van der Waals surface area contributed by atoms with Crippen LogP contribution in [0.15, 0.2) is 23.3 Å². The van der Waals surface area contributed by atoms with E-state index in [1.807, 2.05) is 0 Å². The van der Waals surface area contributed by atoms with Gasteiger partial charge in [-0.25, -0.2) is 10.2 Å². The SMILES string of the molecule is CC(C)CCOc1ccc(C=NNC(N)=O)cc1Cl. The van der Waals surface area contributed by atoms with Crippen LogP contribution in [-0.4, -0.2) is 18.9 Å². The molecule has 2 amide bonds. The highest BCUT2D eigenvalue weighted by Gasteiger charge is 2.03. The first kappa shape index (κ1) is 15.3. The molecule has 0 heterocycles. The molecular weight excluding hydrogens is 266 g/mol. The van der Waals surface area contributed by atoms with Gasteiger partial charge in [0.2, 0.25) is 0 Å². The molecule has 0 atom stereocenters. The molecule has 1 aromatic carbocycles. The number of amides is 2. The Hall–Kier alpha value is -1.75. The quantitative estimate of drug-likeness (QED) is 0.622. The van der Waals surface area contributed by atoms with E-state index in [9.17, 15) is 4.79 Å². The molecule has 0 aliphatic heterocycles. The maximum atomic E-state index is 10.4. The van der Waals surface area contributed by atoms with Crippen LogP contribution in [0.5, 0.6) is 5.75 Å². The fourth-order valence-corrected chi connectivity index (χ4v) is 1.53. The van der Waals surface area contributed by atoms with Gasteiger partial charge in [0.05, 0.1) is 17.8 Å². The number of hydrazone groups is 1. The van der Waals surface area contributed by atoms with E-state index in [1.165, 1.54) is 6.21 Å². The monoisotopic (exact) mass is 283 g/mol. The second kappa shape index (κ2) is 7.63. The van der Waals surface area contributed by atoms with Crippen molar-refractivity contribution in [2.45, 2.75) is 20.3 Å². The molecule has 0 saturated carbocycles. The van der Waals surface area contributed by atoms with Crippen LogP contribution in [0.4, 0.5) is 4.79 Å². The van der Waals surface area contributed by atoms with Gasteiger partial charge in [-0.1, -0.05) is 25.4 Å². The van der Waals surface area contributed by atoms with Crippen LogP contribution in [-0.2, 0) is 0 Å². The fraction of sp³-hybridized carbons (Fsp3) is 0.385. The minimum atomic E-state index is -0.712. The first-order valence-electron chi connectivity index (χ1n) is 6.00. The zero-order chi connectivity index (χ0) is 14.3. The van der Waals surface area contributed by atoms with Crippen molar-refractivity contribution in [3.63, 3.8) is 0 Å². The van der Waals surface area contributed by atoms with Gasteiger partial charge in [0.25, 0.3) is 0 Å². The topological polar surface area (TPSA) is 76.7 Å². The third kappa shape index (κ3) is 6.10. The standard InChI is InChI=1S/C13H18ClN3O2/c1-9(2)5-6-19-12-4-3-10(7-11(12)14)8-16-17-13(15)18/h3-4,7-9H,5-6H2,1-2H3,(H3,15,17,18). The summed E-state index contributed by atoms with van der Waals surface area (Å²) in [6.45, 7) is 4.90. The van der Waals surface area contributed by atoms with Crippen molar-refractivity contribution in [3.05, 3.63) is 28.8 Å². The second-order valence-corrected chi connectivity index (χ2v) is 4.86. The molecule has 0 radical (unpaired) electrons. The molecule has 0 aliphatic carbocycles. The summed E-state index contributed by atoms with van der Waals surface area (Å²) in [7, 11) is 0. The molecule has 6 heteroatoms. The smallest absolute Gasteiger partial charge is 0.332 e. The number of rotatable bonds is 6. The van der Waals surface area contributed by atoms with Crippen molar-refractivity contribution in [3.8, 4) is 5.75 Å². The lowest BCUT2D eigenvalue weighted by Crippen LogP contribution is -2.24. The Morgan fingerprint density at radius 2 is 2.32 bits per heavy atom. The highest BCUT2D eigenvalue weighted by molar-refractivity contribution is 6.32. The molecule has 1 rings (SSSR count). The minimum absolute atomic E-state index is 0.506. The predicted molar refractivity (Wildman–Crippen MR) is 76.7 cm³/mol. The van der Waals surface area contributed by atoms with Gasteiger partial charge >= 0.3 is 6.03 Å². The molecule has 19 heavy (non-hydrogen) atoms. The number of benzene rings is 1. The molecule has 0 saturated heterocycles. The van der Waals surface area contributed by atoms with E-state index in [0.717, 1.165) is 12.0 Å². The van der Waals surface area contributed by atoms with Crippen molar-refractivity contribution in [2.75, 3.05) is 6.61 Å². The summed E-state index contributed by atoms with van der Waals surface area (Å²) < 4.78 is 5.58. The number of ether oxygens (including phenoxy) is 1. The Morgan fingerprint density at radius 3 is 2.89 bits per heavy atom. The van der Waals surface area contributed by atoms with E-state index in [0.29, 0.717) is 23.3 Å². The first-order valence-corrected chi connectivity index (χ1v) is 6.37. The number of carbonyl (C=O) groups excluding carboxylic acids is 1. The van der Waals surface area contributed by atoms with Crippen molar-refractivity contribution in [1.82, 2.24) is 5.43 Å². The summed E-state index contributed by atoms with van der Waals surface area (Å²) in [6.07, 6.45) is 2.43. The van der Waals surface area contributed by atoms with Gasteiger partial charge in [0.15, 0.2) is 0 Å². The molecule has 5 nitrogen and oxygen atoms in total. The second-order valence-electron chi connectivity index (χ2n) is 4.46. The summed E-state index contributed by atoms with van der Waals surface area (Å²) in [5.74, 6) is 1.23. The minimum Gasteiger partial charge on any atom is -0.492 e. The van der Waals surface area contributed by atoms with Gasteiger partial charge in [-0.3, -0.25) is 0 Å². The van der Waals surface area contributed by atoms with E-state index in [4.69, 9.17) is 22.1 Å². The van der Waals surface area contributed by atoms with Crippen molar-refractivity contribution in [1.29, 1.82) is 0 Å². The lowest BCUT2D eigenvalue weighted by atomic mass is 10.1. The molecule has 0 unspecified atom stereocenters. The number of primary amides is 1. The number of halogens is 1.